The minimum atomic E-state index is 0.101. The second-order valence-electron chi connectivity index (χ2n) is 5.23. The molecule has 98 valence electrons. The minimum absolute atomic E-state index is 0.101. The van der Waals surface area contributed by atoms with E-state index in [1.165, 1.54) is 12.0 Å². The predicted octanol–water partition coefficient (Wildman–Crippen LogP) is 2.80. The lowest BCUT2D eigenvalue weighted by Gasteiger charge is -2.43. The highest BCUT2D eigenvalue weighted by Gasteiger charge is 2.40. The van der Waals surface area contributed by atoms with Crippen molar-refractivity contribution in [3.05, 3.63) is 22.2 Å². The van der Waals surface area contributed by atoms with E-state index in [1.54, 1.807) is 0 Å². The fourth-order valence-electron chi connectivity index (χ4n) is 2.98. The van der Waals surface area contributed by atoms with E-state index in [1.807, 2.05) is 6.92 Å². The molecule has 0 aromatic heterocycles. The van der Waals surface area contributed by atoms with E-state index in [0.717, 1.165) is 24.2 Å². The molecule has 0 saturated heterocycles. The van der Waals surface area contributed by atoms with Gasteiger partial charge < -0.3 is 15.2 Å². The summed E-state index contributed by atoms with van der Waals surface area (Å²) in [5.74, 6) is 1.46. The average Bonchev–Trinajstić information content (AvgIpc) is 2.35. The molecule has 0 atom stereocenters. The largest absolute Gasteiger partial charge is 0.486 e. The third-order valence-corrected chi connectivity index (χ3v) is 4.75. The summed E-state index contributed by atoms with van der Waals surface area (Å²) in [4.78, 5) is 0. The second kappa shape index (κ2) is 4.32. The molecule has 0 spiro atoms. The van der Waals surface area contributed by atoms with E-state index in [0.29, 0.717) is 30.5 Å². The maximum atomic E-state index is 6.41. The number of halogens is 1. The molecule has 1 saturated carbocycles. The first-order valence-electron chi connectivity index (χ1n) is 6.47. The van der Waals surface area contributed by atoms with Gasteiger partial charge in [0.1, 0.15) is 13.2 Å². The Balaban J connectivity index is 2.13. The van der Waals surface area contributed by atoms with Gasteiger partial charge >= 0.3 is 0 Å². The van der Waals surface area contributed by atoms with E-state index in [4.69, 9.17) is 26.8 Å². The summed E-state index contributed by atoms with van der Waals surface area (Å²) in [6.07, 6.45) is 3.52. The summed E-state index contributed by atoms with van der Waals surface area (Å²) < 4.78 is 11.3. The normalized spacial score (nSPS) is 20.4. The monoisotopic (exact) mass is 267 g/mol. The van der Waals surface area contributed by atoms with Gasteiger partial charge in [-0.25, -0.2) is 0 Å². The molecule has 1 aliphatic heterocycles. The smallest absolute Gasteiger partial charge is 0.180 e. The summed E-state index contributed by atoms with van der Waals surface area (Å²) >= 11 is 6.41. The Hall–Kier alpha value is -0.930. The van der Waals surface area contributed by atoms with E-state index in [9.17, 15) is 0 Å². The van der Waals surface area contributed by atoms with Gasteiger partial charge in [0.25, 0.3) is 0 Å². The topological polar surface area (TPSA) is 44.5 Å². The summed E-state index contributed by atoms with van der Waals surface area (Å²) in [6, 6.07) is 2.09. The maximum Gasteiger partial charge on any atom is 0.180 e. The number of ether oxygens (including phenoxy) is 2. The molecule has 1 aromatic rings. The van der Waals surface area contributed by atoms with Crippen molar-refractivity contribution in [2.45, 2.75) is 31.6 Å². The van der Waals surface area contributed by atoms with E-state index >= 15 is 0 Å². The average molecular weight is 268 g/mol. The Morgan fingerprint density at radius 3 is 2.67 bits per heavy atom. The van der Waals surface area contributed by atoms with Crippen LogP contribution >= 0.6 is 11.6 Å². The Morgan fingerprint density at radius 1 is 1.33 bits per heavy atom. The first-order chi connectivity index (χ1) is 8.68. The molecule has 3 nitrogen and oxygen atoms in total. The Kier molecular flexibility index (Phi) is 2.91. The number of fused-ring (bicyclic) bond motifs is 1. The number of nitrogens with two attached hydrogens (primary N) is 1. The number of benzene rings is 1. The molecular formula is C14H18ClNO2. The van der Waals surface area contributed by atoms with Crippen molar-refractivity contribution < 1.29 is 9.47 Å². The fourth-order valence-corrected chi connectivity index (χ4v) is 3.23. The van der Waals surface area contributed by atoms with Gasteiger partial charge in [-0.1, -0.05) is 18.0 Å². The van der Waals surface area contributed by atoms with Crippen molar-refractivity contribution in [3.8, 4) is 11.5 Å². The van der Waals surface area contributed by atoms with Crippen LogP contribution in [0.1, 0.15) is 30.4 Å². The van der Waals surface area contributed by atoms with Gasteiger partial charge in [0.15, 0.2) is 11.5 Å². The van der Waals surface area contributed by atoms with Crippen molar-refractivity contribution >= 4 is 11.6 Å². The van der Waals surface area contributed by atoms with Gasteiger partial charge in [-0.3, -0.25) is 0 Å². The lowest BCUT2D eigenvalue weighted by Crippen LogP contribution is -2.42. The molecule has 3 rings (SSSR count). The van der Waals surface area contributed by atoms with Crippen molar-refractivity contribution in [1.82, 2.24) is 0 Å². The van der Waals surface area contributed by atoms with Gasteiger partial charge in [0, 0.05) is 12.0 Å². The molecule has 1 aromatic carbocycles. The molecule has 1 heterocycles. The van der Waals surface area contributed by atoms with Crippen LogP contribution in [0.25, 0.3) is 0 Å². The van der Waals surface area contributed by atoms with Gasteiger partial charge in [-0.2, -0.15) is 0 Å². The third kappa shape index (κ3) is 1.61. The van der Waals surface area contributed by atoms with Crippen molar-refractivity contribution in [2.24, 2.45) is 5.73 Å². The SMILES string of the molecule is Cc1c(C2(CN)CCC2)cc2c(c1Cl)OCCO2. The highest BCUT2D eigenvalue weighted by atomic mass is 35.5. The van der Waals surface area contributed by atoms with E-state index in [2.05, 4.69) is 6.07 Å². The Bertz CT molecular complexity index is 478. The molecule has 18 heavy (non-hydrogen) atoms. The highest BCUT2D eigenvalue weighted by molar-refractivity contribution is 6.33. The van der Waals surface area contributed by atoms with Crippen LogP contribution in [-0.2, 0) is 5.41 Å². The van der Waals surface area contributed by atoms with Crippen molar-refractivity contribution in [3.63, 3.8) is 0 Å². The van der Waals surface area contributed by atoms with Gasteiger partial charge in [0.05, 0.1) is 5.02 Å². The summed E-state index contributed by atoms with van der Waals surface area (Å²) in [5.41, 5.74) is 8.41. The quantitative estimate of drug-likeness (QED) is 0.896. The zero-order chi connectivity index (χ0) is 12.8. The van der Waals surface area contributed by atoms with E-state index < -0.39 is 0 Å². The zero-order valence-corrected chi connectivity index (χ0v) is 11.3. The van der Waals surface area contributed by atoms with Gasteiger partial charge in [0.2, 0.25) is 0 Å². The van der Waals surface area contributed by atoms with Crippen molar-refractivity contribution in [2.75, 3.05) is 19.8 Å². The first-order valence-corrected chi connectivity index (χ1v) is 6.85. The van der Waals surface area contributed by atoms with Crippen LogP contribution in [-0.4, -0.2) is 19.8 Å². The molecule has 0 radical (unpaired) electrons. The summed E-state index contributed by atoms with van der Waals surface area (Å²) in [7, 11) is 0. The summed E-state index contributed by atoms with van der Waals surface area (Å²) in [5, 5.41) is 0.682. The zero-order valence-electron chi connectivity index (χ0n) is 10.6. The number of hydrogen-bond acceptors (Lipinski definition) is 3. The van der Waals surface area contributed by atoms with Crippen LogP contribution in [0.15, 0.2) is 6.07 Å². The molecule has 0 amide bonds. The molecule has 0 unspecified atom stereocenters. The van der Waals surface area contributed by atoms with Gasteiger partial charge in [-0.05, 0) is 37.0 Å². The van der Waals surface area contributed by atoms with Crippen LogP contribution in [0.5, 0.6) is 11.5 Å². The predicted molar refractivity (Wildman–Crippen MR) is 71.8 cm³/mol. The fraction of sp³-hybridized carbons (Fsp3) is 0.571. The molecule has 1 fully saturated rings. The van der Waals surface area contributed by atoms with Crippen LogP contribution in [0.4, 0.5) is 0 Å². The van der Waals surface area contributed by atoms with Crippen LogP contribution in [0.2, 0.25) is 5.02 Å². The minimum Gasteiger partial charge on any atom is -0.486 e. The van der Waals surface area contributed by atoms with E-state index in [-0.39, 0.29) is 5.41 Å². The first kappa shape index (κ1) is 12.1. The lowest BCUT2D eigenvalue weighted by atomic mass is 9.63. The molecule has 2 N–H and O–H groups in total. The Labute approximate surface area is 112 Å². The molecule has 1 aliphatic carbocycles. The Morgan fingerprint density at radius 2 is 2.06 bits per heavy atom. The lowest BCUT2D eigenvalue weighted by molar-refractivity contribution is 0.170. The third-order valence-electron chi connectivity index (χ3n) is 4.29. The molecule has 0 bridgehead atoms. The van der Waals surface area contributed by atoms with Crippen LogP contribution in [0.3, 0.4) is 0 Å². The number of hydrogen-bond donors (Lipinski definition) is 1. The van der Waals surface area contributed by atoms with Crippen LogP contribution < -0.4 is 15.2 Å². The standard InChI is InChI=1S/C14H18ClNO2/c1-9-10(14(8-16)3-2-4-14)7-11-13(12(9)15)18-6-5-17-11/h7H,2-6,8,16H2,1H3. The highest BCUT2D eigenvalue weighted by Crippen LogP contribution is 2.50. The molecular weight excluding hydrogens is 250 g/mol. The second-order valence-corrected chi connectivity index (χ2v) is 5.60. The maximum absolute atomic E-state index is 6.41. The molecule has 4 heteroatoms. The van der Waals surface area contributed by atoms with Crippen LogP contribution in [0, 0.1) is 6.92 Å². The van der Waals surface area contributed by atoms with Gasteiger partial charge in [-0.15, -0.1) is 0 Å². The van der Waals surface area contributed by atoms with Crippen molar-refractivity contribution in [1.29, 1.82) is 0 Å². The number of rotatable bonds is 2. The summed E-state index contributed by atoms with van der Waals surface area (Å²) in [6.45, 7) is 3.87. The molecule has 2 aliphatic rings.